The van der Waals surface area contributed by atoms with Gasteiger partial charge in [-0.3, -0.25) is 14.4 Å². The molecule has 8 atom stereocenters. The lowest BCUT2D eigenvalue weighted by Crippen LogP contribution is -2.64. The van der Waals surface area contributed by atoms with Crippen molar-refractivity contribution in [2.45, 2.75) is 71.2 Å². The average Bonchev–Trinajstić information content (AvgIpc) is 3.31. The normalized spacial score (nSPS) is 47.6. The zero-order valence-corrected chi connectivity index (χ0v) is 17.3. The lowest BCUT2D eigenvalue weighted by Gasteiger charge is -2.59. The minimum Gasteiger partial charge on any atom is -0.550 e. The topological polar surface area (TPSA) is 141 Å². The van der Waals surface area contributed by atoms with Crippen LogP contribution in [-0.4, -0.2) is 52.5 Å². The van der Waals surface area contributed by atoms with E-state index in [9.17, 15) is 34.5 Å². The van der Waals surface area contributed by atoms with Gasteiger partial charge in [-0.1, -0.05) is 27.2 Å². The number of aliphatic carboxylic acids is 1. The Morgan fingerprint density at radius 1 is 1.27 bits per heavy atom. The standard InChI is InChI=1S/C22H28O8/c1-10-7-22(10)18(28)12-13(14(26)19(22)29)21(3)6-4-5-20(2,8-11(24)25)17(21)15(27)16(12)30-9-23/h9-10,15-17,19,27,29H,4-8H2,1-3H3,(H,24,25)/p-1/t10-,15-,16-,17-,19-,20+,21+,22+/m0/s1. The summed E-state index contributed by atoms with van der Waals surface area (Å²) in [5.41, 5.74) is -3.13. The van der Waals surface area contributed by atoms with Crippen molar-refractivity contribution >= 4 is 24.0 Å². The molecule has 8 nitrogen and oxygen atoms in total. The predicted octanol–water partition coefficient (Wildman–Crippen LogP) is -0.309. The number of hydrogen-bond donors (Lipinski definition) is 2. The molecule has 0 aromatic heterocycles. The Balaban J connectivity index is 1.95. The fraction of sp³-hybridized carbons (Fsp3) is 0.727. The van der Waals surface area contributed by atoms with Crippen molar-refractivity contribution in [1.29, 1.82) is 0 Å². The molecule has 4 aliphatic rings. The smallest absolute Gasteiger partial charge is 0.293 e. The first-order valence-electron chi connectivity index (χ1n) is 10.4. The van der Waals surface area contributed by atoms with E-state index in [1.807, 2.05) is 0 Å². The minimum absolute atomic E-state index is 0.0225. The predicted molar refractivity (Wildman–Crippen MR) is 99.4 cm³/mol. The van der Waals surface area contributed by atoms with Crippen LogP contribution < -0.4 is 5.11 Å². The van der Waals surface area contributed by atoms with Crippen LogP contribution in [0.15, 0.2) is 11.1 Å². The molecule has 164 valence electrons. The van der Waals surface area contributed by atoms with Crippen molar-refractivity contribution in [1.82, 2.24) is 0 Å². The molecular formula is C22H27O8-. The molecule has 8 heteroatoms. The van der Waals surface area contributed by atoms with E-state index in [1.54, 1.807) is 20.8 Å². The quantitative estimate of drug-likeness (QED) is 0.591. The molecule has 4 rings (SSSR count). The van der Waals surface area contributed by atoms with Gasteiger partial charge < -0.3 is 24.9 Å². The van der Waals surface area contributed by atoms with Crippen molar-refractivity contribution in [3.05, 3.63) is 11.1 Å². The molecular weight excluding hydrogens is 392 g/mol. The molecule has 0 bridgehead atoms. The summed E-state index contributed by atoms with van der Waals surface area (Å²) in [5.74, 6) is -3.28. The van der Waals surface area contributed by atoms with Crippen molar-refractivity contribution in [2.75, 3.05) is 0 Å². The number of aliphatic hydroxyl groups is 2. The van der Waals surface area contributed by atoms with Gasteiger partial charge in [0.2, 0.25) is 0 Å². The Kier molecular flexibility index (Phi) is 4.57. The van der Waals surface area contributed by atoms with Crippen LogP contribution in [0.1, 0.15) is 52.9 Å². The molecule has 0 aromatic rings. The van der Waals surface area contributed by atoms with Crippen LogP contribution in [-0.2, 0) is 23.9 Å². The third-order valence-corrected chi connectivity index (χ3v) is 8.42. The Morgan fingerprint density at radius 3 is 2.43 bits per heavy atom. The van der Waals surface area contributed by atoms with Crippen molar-refractivity contribution in [2.24, 2.45) is 28.1 Å². The SMILES string of the molecule is C[C@H]1C[C@]12C(=O)C1=C(C(=O)[C@@H]2O)[C@@]2(C)CCC[C@](C)(CC(=O)[O-])[C@@H]2[C@@H](O)[C@H]1OC=O. The molecule has 0 amide bonds. The number of rotatable bonds is 4. The van der Waals surface area contributed by atoms with E-state index < -0.39 is 58.0 Å². The van der Waals surface area contributed by atoms with Gasteiger partial charge in [-0.15, -0.1) is 0 Å². The first-order chi connectivity index (χ1) is 14.0. The fourth-order valence-electron chi connectivity index (χ4n) is 7.09. The molecule has 2 N–H and O–H groups in total. The van der Waals surface area contributed by atoms with Crippen molar-refractivity contribution in [3.8, 4) is 0 Å². The Labute approximate surface area is 174 Å². The highest BCUT2D eigenvalue weighted by molar-refractivity contribution is 6.19. The molecule has 30 heavy (non-hydrogen) atoms. The summed E-state index contributed by atoms with van der Waals surface area (Å²) < 4.78 is 5.16. The van der Waals surface area contributed by atoms with E-state index in [0.29, 0.717) is 25.7 Å². The van der Waals surface area contributed by atoms with Gasteiger partial charge in [0.1, 0.15) is 6.10 Å². The molecule has 1 spiro atoms. The number of carboxylic acid groups (broad SMARTS) is 1. The van der Waals surface area contributed by atoms with Crippen LogP contribution >= 0.6 is 0 Å². The van der Waals surface area contributed by atoms with Crippen LogP contribution in [0.3, 0.4) is 0 Å². The lowest BCUT2D eigenvalue weighted by atomic mass is 9.45. The van der Waals surface area contributed by atoms with Crippen molar-refractivity contribution in [3.63, 3.8) is 0 Å². The number of carbonyl (C=O) groups excluding carboxylic acids is 4. The number of carbonyl (C=O) groups is 4. The molecule has 0 saturated heterocycles. The van der Waals surface area contributed by atoms with Crippen LogP contribution in [0.25, 0.3) is 0 Å². The van der Waals surface area contributed by atoms with Crippen LogP contribution in [0, 0.1) is 28.1 Å². The maximum Gasteiger partial charge on any atom is 0.293 e. The number of hydrogen-bond acceptors (Lipinski definition) is 8. The number of ketones is 2. The third kappa shape index (κ3) is 2.46. The fourth-order valence-corrected chi connectivity index (χ4v) is 7.09. The van der Waals surface area contributed by atoms with Crippen molar-refractivity contribution < 1.29 is 39.2 Å². The van der Waals surface area contributed by atoms with E-state index in [2.05, 4.69) is 0 Å². The first-order valence-corrected chi connectivity index (χ1v) is 10.4. The number of aliphatic hydroxyl groups excluding tert-OH is 2. The maximum absolute atomic E-state index is 13.5. The van der Waals surface area contributed by atoms with E-state index in [4.69, 9.17) is 4.74 Å². The highest BCUT2D eigenvalue weighted by atomic mass is 16.5. The summed E-state index contributed by atoms with van der Waals surface area (Å²) in [6.45, 7) is 5.36. The molecule has 0 unspecified atom stereocenters. The molecule has 0 aromatic carbocycles. The summed E-state index contributed by atoms with van der Waals surface area (Å²) in [7, 11) is 0. The second kappa shape index (κ2) is 6.47. The summed E-state index contributed by atoms with van der Waals surface area (Å²) in [6, 6.07) is 0. The summed E-state index contributed by atoms with van der Waals surface area (Å²) >= 11 is 0. The van der Waals surface area contributed by atoms with Gasteiger partial charge in [0, 0.05) is 28.4 Å². The number of carboxylic acids is 1. The Hall–Kier alpha value is -2.06. The zero-order chi connectivity index (χ0) is 22.2. The first kappa shape index (κ1) is 21.2. The number of ether oxygens (including phenoxy) is 1. The Bertz CT molecular complexity index is 876. The zero-order valence-electron chi connectivity index (χ0n) is 17.3. The lowest BCUT2D eigenvalue weighted by molar-refractivity contribution is -0.310. The van der Waals surface area contributed by atoms with Crippen LogP contribution in [0.4, 0.5) is 0 Å². The summed E-state index contributed by atoms with van der Waals surface area (Å²) in [4.78, 5) is 49.7. The molecule has 0 radical (unpaired) electrons. The highest BCUT2D eigenvalue weighted by Crippen LogP contribution is 2.66. The van der Waals surface area contributed by atoms with Gasteiger partial charge >= 0.3 is 0 Å². The van der Waals surface area contributed by atoms with E-state index >= 15 is 0 Å². The molecule has 0 heterocycles. The van der Waals surface area contributed by atoms with Gasteiger partial charge in [0.15, 0.2) is 17.7 Å². The third-order valence-electron chi connectivity index (χ3n) is 8.42. The Morgan fingerprint density at radius 2 is 1.90 bits per heavy atom. The van der Waals surface area contributed by atoms with E-state index in [1.165, 1.54) is 0 Å². The van der Waals surface area contributed by atoms with Gasteiger partial charge in [-0.25, -0.2) is 0 Å². The number of Topliss-reactive ketones (excluding diaryl/α,β-unsaturated/α-hetero) is 2. The molecule has 2 fully saturated rings. The molecule has 2 saturated carbocycles. The molecule has 0 aliphatic heterocycles. The highest BCUT2D eigenvalue weighted by Gasteiger charge is 2.72. The van der Waals surface area contributed by atoms with E-state index in [0.717, 1.165) is 0 Å². The minimum atomic E-state index is -1.49. The second-order valence-corrected chi connectivity index (χ2v) is 10.1. The maximum atomic E-state index is 13.5. The summed E-state index contributed by atoms with van der Waals surface area (Å²) in [5, 5.41) is 33.6. The second-order valence-electron chi connectivity index (χ2n) is 10.1. The average molecular weight is 419 g/mol. The molecule has 4 aliphatic carbocycles. The van der Waals surface area contributed by atoms with Gasteiger partial charge in [0.25, 0.3) is 6.47 Å². The van der Waals surface area contributed by atoms with Crippen LogP contribution in [0.5, 0.6) is 0 Å². The van der Waals surface area contributed by atoms with Gasteiger partial charge in [-0.05, 0) is 37.0 Å². The summed E-state index contributed by atoms with van der Waals surface area (Å²) in [6.07, 6.45) is -2.71. The van der Waals surface area contributed by atoms with Gasteiger partial charge in [0.05, 0.1) is 11.5 Å². The number of fused-ring (bicyclic) bond motifs is 2. The largest absolute Gasteiger partial charge is 0.550 e. The monoisotopic (exact) mass is 419 g/mol. The van der Waals surface area contributed by atoms with Crippen LogP contribution in [0.2, 0.25) is 0 Å². The van der Waals surface area contributed by atoms with E-state index in [-0.39, 0.29) is 30.0 Å². The van der Waals surface area contributed by atoms with Gasteiger partial charge in [-0.2, -0.15) is 0 Å².